The third kappa shape index (κ3) is 5.23. The summed E-state index contributed by atoms with van der Waals surface area (Å²) < 4.78 is 5.01. The van der Waals surface area contributed by atoms with Crippen LogP contribution < -0.4 is 5.32 Å². The van der Waals surface area contributed by atoms with Crippen molar-refractivity contribution in [2.75, 3.05) is 13.7 Å². The Hall–Kier alpha value is -1.66. The van der Waals surface area contributed by atoms with Crippen molar-refractivity contribution in [2.24, 2.45) is 0 Å². The van der Waals surface area contributed by atoms with E-state index in [-0.39, 0.29) is 11.9 Å². The summed E-state index contributed by atoms with van der Waals surface area (Å²) >= 11 is 1.25. The quantitative estimate of drug-likeness (QED) is 0.750. The first-order chi connectivity index (χ1) is 9.06. The van der Waals surface area contributed by atoms with Crippen LogP contribution in [0.4, 0.5) is 0 Å². The molecule has 0 spiro atoms. The van der Waals surface area contributed by atoms with E-state index >= 15 is 0 Å². The number of rotatable bonds is 7. The fourth-order valence-corrected chi connectivity index (χ4v) is 2.25. The normalized spacial score (nSPS) is 12.5. The van der Waals surface area contributed by atoms with Gasteiger partial charge in [-0.15, -0.1) is 11.3 Å². The summed E-state index contributed by atoms with van der Waals surface area (Å²) in [5, 5.41) is 11.4. The number of amides is 1. The molecule has 0 aromatic carbocycles. The summed E-state index contributed by atoms with van der Waals surface area (Å²) in [4.78, 5) is 23.6. The van der Waals surface area contributed by atoms with Crippen molar-refractivity contribution >= 4 is 29.3 Å². The van der Waals surface area contributed by atoms with Gasteiger partial charge >= 0.3 is 5.97 Å². The van der Waals surface area contributed by atoms with Gasteiger partial charge in [-0.25, -0.2) is 4.79 Å². The molecule has 6 heteroatoms. The van der Waals surface area contributed by atoms with Crippen molar-refractivity contribution in [3.63, 3.8) is 0 Å². The van der Waals surface area contributed by atoms with Gasteiger partial charge in [-0.05, 0) is 24.6 Å². The average Bonchev–Trinajstić information content (AvgIpc) is 2.84. The van der Waals surface area contributed by atoms with Crippen LogP contribution in [0.1, 0.15) is 27.9 Å². The van der Waals surface area contributed by atoms with Gasteiger partial charge < -0.3 is 15.2 Å². The Bertz CT molecular complexity index is 467. The molecule has 104 valence electrons. The molecule has 1 aromatic heterocycles. The topological polar surface area (TPSA) is 75.6 Å². The minimum Gasteiger partial charge on any atom is -0.478 e. The number of carboxylic acids is 1. The van der Waals surface area contributed by atoms with Crippen molar-refractivity contribution in [3.05, 3.63) is 28.0 Å². The van der Waals surface area contributed by atoms with Crippen molar-refractivity contribution < 1.29 is 19.4 Å². The summed E-state index contributed by atoms with van der Waals surface area (Å²) in [7, 11) is 1.59. The Morgan fingerprint density at radius 1 is 1.53 bits per heavy atom. The van der Waals surface area contributed by atoms with Crippen molar-refractivity contribution in [1.82, 2.24) is 5.32 Å². The monoisotopic (exact) mass is 283 g/mol. The number of aliphatic carboxylic acids is 1. The van der Waals surface area contributed by atoms with Gasteiger partial charge in [0.05, 0.1) is 17.5 Å². The summed E-state index contributed by atoms with van der Waals surface area (Å²) in [6.07, 6.45) is 3.31. The van der Waals surface area contributed by atoms with Gasteiger partial charge in [-0.3, -0.25) is 4.79 Å². The second kappa shape index (κ2) is 7.70. The Morgan fingerprint density at radius 2 is 2.26 bits per heavy atom. The lowest BCUT2D eigenvalue weighted by molar-refractivity contribution is -0.131. The number of hydrogen-bond acceptors (Lipinski definition) is 4. The molecule has 1 unspecified atom stereocenters. The SMILES string of the molecule is CCC(COC)NC(=O)c1ccc(C=CC(=O)O)s1. The Labute approximate surface area is 115 Å². The molecular formula is C13H17NO4S. The number of hydrogen-bond donors (Lipinski definition) is 2. The number of ether oxygens (including phenoxy) is 1. The molecule has 0 aliphatic carbocycles. The van der Waals surface area contributed by atoms with Gasteiger partial charge in [-0.2, -0.15) is 0 Å². The minimum absolute atomic E-state index is 0.0161. The molecule has 0 fully saturated rings. The van der Waals surface area contributed by atoms with Gasteiger partial charge in [0.2, 0.25) is 0 Å². The van der Waals surface area contributed by atoms with Crippen molar-refractivity contribution in [3.8, 4) is 0 Å². The highest BCUT2D eigenvalue weighted by Gasteiger charge is 2.13. The highest BCUT2D eigenvalue weighted by molar-refractivity contribution is 7.14. The molecular weight excluding hydrogens is 266 g/mol. The van der Waals surface area contributed by atoms with E-state index in [9.17, 15) is 9.59 Å². The molecule has 0 radical (unpaired) electrons. The summed E-state index contributed by atoms with van der Waals surface area (Å²) in [6.45, 7) is 2.44. The maximum atomic E-state index is 11.9. The zero-order valence-corrected chi connectivity index (χ0v) is 11.7. The second-order valence-electron chi connectivity index (χ2n) is 3.91. The highest BCUT2D eigenvalue weighted by atomic mass is 32.1. The average molecular weight is 283 g/mol. The molecule has 1 aromatic rings. The maximum absolute atomic E-state index is 11.9. The first-order valence-electron chi connectivity index (χ1n) is 5.87. The predicted molar refractivity (Wildman–Crippen MR) is 74.4 cm³/mol. The van der Waals surface area contributed by atoms with Crippen molar-refractivity contribution in [1.29, 1.82) is 0 Å². The lowest BCUT2D eigenvalue weighted by Crippen LogP contribution is -2.37. The second-order valence-corrected chi connectivity index (χ2v) is 5.02. The van der Waals surface area contributed by atoms with Gasteiger partial charge in [0, 0.05) is 18.1 Å². The van der Waals surface area contributed by atoms with Crippen LogP contribution in [-0.4, -0.2) is 36.7 Å². The lowest BCUT2D eigenvalue weighted by Gasteiger charge is -2.14. The van der Waals surface area contributed by atoms with Crippen LogP contribution in [0.5, 0.6) is 0 Å². The van der Waals surface area contributed by atoms with Gasteiger partial charge in [-0.1, -0.05) is 6.92 Å². The predicted octanol–water partition coefficient (Wildman–Crippen LogP) is 2.00. The molecule has 0 bridgehead atoms. The van der Waals surface area contributed by atoms with Crippen LogP contribution >= 0.6 is 11.3 Å². The smallest absolute Gasteiger partial charge is 0.328 e. The van der Waals surface area contributed by atoms with E-state index in [1.807, 2.05) is 6.92 Å². The molecule has 0 saturated heterocycles. The molecule has 1 amide bonds. The van der Waals surface area contributed by atoms with E-state index in [1.54, 1.807) is 19.2 Å². The minimum atomic E-state index is -1.01. The molecule has 1 rings (SSSR count). The first kappa shape index (κ1) is 15.4. The number of nitrogens with one attached hydrogen (secondary N) is 1. The highest BCUT2D eigenvalue weighted by Crippen LogP contribution is 2.18. The number of carbonyl (C=O) groups excluding carboxylic acids is 1. The molecule has 0 aliphatic rings. The standard InChI is InChI=1S/C13H17NO4S/c1-3-9(8-18-2)14-13(17)11-6-4-10(19-11)5-7-12(15)16/h4-7,9H,3,8H2,1-2H3,(H,14,17)(H,15,16). The van der Waals surface area contributed by atoms with Gasteiger partial charge in [0.25, 0.3) is 5.91 Å². The van der Waals surface area contributed by atoms with Crippen LogP contribution in [0.25, 0.3) is 6.08 Å². The van der Waals surface area contributed by atoms with E-state index < -0.39 is 5.97 Å². The van der Waals surface area contributed by atoms with E-state index in [0.29, 0.717) is 11.5 Å². The van der Waals surface area contributed by atoms with Crippen LogP contribution in [-0.2, 0) is 9.53 Å². The van der Waals surface area contributed by atoms with E-state index in [2.05, 4.69) is 5.32 Å². The molecule has 19 heavy (non-hydrogen) atoms. The van der Waals surface area contributed by atoms with Crippen LogP contribution in [0.2, 0.25) is 0 Å². The fourth-order valence-electron chi connectivity index (χ4n) is 1.44. The first-order valence-corrected chi connectivity index (χ1v) is 6.69. The number of thiophene rings is 1. The van der Waals surface area contributed by atoms with Crippen molar-refractivity contribution in [2.45, 2.75) is 19.4 Å². The Morgan fingerprint density at radius 3 is 2.84 bits per heavy atom. The summed E-state index contributed by atoms with van der Waals surface area (Å²) in [5.41, 5.74) is 0. The maximum Gasteiger partial charge on any atom is 0.328 e. The van der Waals surface area contributed by atoms with E-state index in [0.717, 1.165) is 17.4 Å². The van der Waals surface area contributed by atoms with Gasteiger partial charge in [0.15, 0.2) is 0 Å². The van der Waals surface area contributed by atoms with Crippen LogP contribution in [0.3, 0.4) is 0 Å². The molecule has 1 heterocycles. The largest absolute Gasteiger partial charge is 0.478 e. The van der Waals surface area contributed by atoms with E-state index in [1.165, 1.54) is 17.4 Å². The lowest BCUT2D eigenvalue weighted by atomic mass is 10.2. The molecule has 5 nitrogen and oxygen atoms in total. The number of carbonyl (C=O) groups is 2. The molecule has 0 saturated carbocycles. The number of carboxylic acid groups (broad SMARTS) is 1. The zero-order valence-electron chi connectivity index (χ0n) is 10.9. The molecule has 0 aliphatic heterocycles. The molecule has 2 N–H and O–H groups in total. The van der Waals surface area contributed by atoms with Crippen LogP contribution in [0, 0.1) is 0 Å². The zero-order chi connectivity index (χ0) is 14.3. The Kier molecular flexibility index (Phi) is 6.24. The molecule has 1 atom stereocenters. The van der Waals surface area contributed by atoms with Crippen LogP contribution in [0.15, 0.2) is 18.2 Å². The van der Waals surface area contributed by atoms with E-state index in [4.69, 9.17) is 9.84 Å². The number of methoxy groups -OCH3 is 1. The fraction of sp³-hybridized carbons (Fsp3) is 0.385. The summed E-state index contributed by atoms with van der Waals surface area (Å²) in [6, 6.07) is 3.38. The third-order valence-electron chi connectivity index (χ3n) is 2.44. The summed E-state index contributed by atoms with van der Waals surface area (Å²) in [5.74, 6) is -1.17. The van der Waals surface area contributed by atoms with Gasteiger partial charge in [0.1, 0.15) is 0 Å². The Balaban J connectivity index is 2.65. The third-order valence-corrected chi connectivity index (χ3v) is 3.49.